The van der Waals surface area contributed by atoms with Gasteiger partial charge in [-0.05, 0) is 42.3 Å². The number of halogens is 2. The van der Waals surface area contributed by atoms with E-state index in [1.807, 2.05) is 13.0 Å². The highest BCUT2D eigenvalue weighted by Gasteiger charge is 2.10. The summed E-state index contributed by atoms with van der Waals surface area (Å²) in [6.45, 7) is 2.01. The van der Waals surface area contributed by atoms with Crippen molar-refractivity contribution < 1.29 is 4.79 Å². The van der Waals surface area contributed by atoms with E-state index in [-0.39, 0.29) is 5.91 Å². The van der Waals surface area contributed by atoms with Gasteiger partial charge in [-0.25, -0.2) is 0 Å². The van der Waals surface area contributed by atoms with Crippen LogP contribution in [0.1, 0.15) is 22.8 Å². The quantitative estimate of drug-likeness (QED) is 0.826. The number of carbonyl (C=O) groups is 1. The first kappa shape index (κ1) is 14.7. The molecule has 2 aromatic rings. The Morgan fingerprint density at radius 1 is 1.20 bits per heavy atom. The molecule has 1 amide bonds. The molecular weight excluding hydrogens is 295 g/mol. The molecule has 0 aliphatic heterocycles. The average molecular weight is 309 g/mol. The highest BCUT2D eigenvalue weighted by atomic mass is 35.5. The summed E-state index contributed by atoms with van der Waals surface area (Å²) in [4.78, 5) is 12.2. The summed E-state index contributed by atoms with van der Waals surface area (Å²) in [7, 11) is 0. The summed E-state index contributed by atoms with van der Waals surface area (Å²) >= 11 is 11.8. The largest absolute Gasteiger partial charge is 0.398 e. The van der Waals surface area contributed by atoms with Gasteiger partial charge >= 0.3 is 0 Å². The molecule has 0 atom stereocenters. The maximum atomic E-state index is 12.2. The third kappa shape index (κ3) is 3.24. The van der Waals surface area contributed by atoms with Gasteiger partial charge in [-0.15, -0.1) is 0 Å². The van der Waals surface area contributed by atoms with Crippen molar-refractivity contribution in [3.8, 4) is 0 Å². The third-order valence-corrected chi connectivity index (χ3v) is 3.54. The number of rotatable bonds is 3. The van der Waals surface area contributed by atoms with Gasteiger partial charge in [-0.2, -0.15) is 0 Å². The Kier molecular flexibility index (Phi) is 4.53. The molecule has 0 saturated heterocycles. The van der Waals surface area contributed by atoms with Crippen LogP contribution in [0.25, 0.3) is 0 Å². The van der Waals surface area contributed by atoms with Gasteiger partial charge in [0.05, 0.1) is 10.7 Å². The van der Waals surface area contributed by atoms with Gasteiger partial charge in [0.15, 0.2) is 0 Å². The summed E-state index contributed by atoms with van der Waals surface area (Å²) in [6, 6.07) is 10.2. The van der Waals surface area contributed by atoms with E-state index in [0.29, 0.717) is 27.0 Å². The van der Waals surface area contributed by atoms with Crippen LogP contribution in [0.15, 0.2) is 36.4 Å². The lowest BCUT2D eigenvalue weighted by Gasteiger charge is -2.11. The molecule has 20 heavy (non-hydrogen) atoms. The highest BCUT2D eigenvalue weighted by Crippen LogP contribution is 2.24. The molecule has 0 aromatic heterocycles. The molecule has 5 heteroatoms. The van der Waals surface area contributed by atoms with E-state index >= 15 is 0 Å². The normalized spacial score (nSPS) is 10.3. The maximum Gasteiger partial charge on any atom is 0.255 e. The molecule has 0 spiro atoms. The first-order valence-electron chi connectivity index (χ1n) is 6.16. The van der Waals surface area contributed by atoms with Crippen molar-refractivity contribution in [2.24, 2.45) is 0 Å². The van der Waals surface area contributed by atoms with Gasteiger partial charge in [0.1, 0.15) is 0 Å². The van der Waals surface area contributed by atoms with Crippen LogP contribution in [0.5, 0.6) is 0 Å². The van der Waals surface area contributed by atoms with E-state index < -0.39 is 0 Å². The second-order valence-electron chi connectivity index (χ2n) is 4.35. The summed E-state index contributed by atoms with van der Waals surface area (Å²) in [5.41, 5.74) is 8.25. The Bertz CT molecular complexity index is 656. The zero-order valence-electron chi connectivity index (χ0n) is 10.9. The smallest absolute Gasteiger partial charge is 0.255 e. The minimum atomic E-state index is -0.245. The van der Waals surface area contributed by atoms with E-state index in [1.54, 1.807) is 30.3 Å². The number of anilines is 2. The van der Waals surface area contributed by atoms with E-state index in [4.69, 9.17) is 28.9 Å². The first-order chi connectivity index (χ1) is 9.51. The molecule has 0 aliphatic carbocycles. The number of nitrogens with one attached hydrogen (secondary N) is 1. The fourth-order valence-electron chi connectivity index (χ4n) is 1.85. The van der Waals surface area contributed by atoms with Crippen molar-refractivity contribution in [3.63, 3.8) is 0 Å². The van der Waals surface area contributed by atoms with Crippen LogP contribution in [0.3, 0.4) is 0 Å². The molecule has 0 radical (unpaired) electrons. The van der Waals surface area contributed by atoms with Gasteiger partial charge in [0.25, 0.3) is 5.91 Å². The van der Waals surface area contributed by atoms with Crippen LogP contribution in [0.4, 0.5) is 11.4 Å². The van der Waals surface area contributed by atoms with Crippen molar-refractivity contribution in [1.82, 2.24) is 0 Å². The molecule has 0 bridgehead atoms. The number of hydrogen-bond donors (Lipinski definition) is 2. The van der Waals surface area contributed by atoms with E-state index in [1.165, 1.54) is 0 Å². The zero-order valence-corrected chi connectivity index (χ0v) is 12.4. The SMILES string of the molecule is CCc1ccc(Cl)cc1NC(=O)c1ccc(Cl)c(N)c1. The standard InChI is InChI=1S/C15H14Cl2N2O/c1-2-9-3-5-11(16)8-14(9)19-15(20)10-4-6-12(17)13(18)7-10/h3-8H,2,18H2,1H3,(H,19,20). The van der Waals surface area contributed by atoms with Gasteiger partial charge in [0, 0.05) is 16.3 Å². The van der Waals surface area contributed by atoms with Crippen molar-refractivity contribution in [2.45, 2.75) is 13.3 Å². The molecule has 0 heterocycles. The molecule has 3 N–H and O–H groups in total. The maximum absolute atomic E-state index is 12.2. The highest BCUT2D eigenvalue weighted by molar-refractivity contribution is 6.33. The lowest BCUT2D eigenvalue weighted by atomic mass is 10.1. The zero-order chi connectivity index (χ0) is 14.7. The molecule has 0 unspecified atom stereocenters. The fraction of sp³-hybridized carbons (Fsp3) is 0.133. The summed E-state index contributed by atoms with van der Waals surface area (Å²) in [5.74, 6) is -0.245. The predicted octanol–water partition coefficient (Wildman–Crippen LogP) is 4.39. The van der Waals surface area contributed by atoms with Crippen molar-refractivity contribution in [3.05, 3.63) is 57.6 Å². The van der Waals surface area contributed by atoms with Gasteiger partial charge < -0.3 is 11.1 Å². The molecule has 2 aromatic carbocycles. The van der Waals surface area contributed by atoms with Crippen LogP contribution < -0.4 is 11.1 Å². The van der Waals surface area contributed by atoms with Crippen LogP contribution >= 0.6 is 23.2 Å². The first-order valence-corrected chi connectivity index (χ1v) is 6.91. The second kappa shape index (κ2) is 6.16. The minimum Gasteiger partial charge on any atom is -0.398 e. The number of nitrogens with two attached hydrogens (primary N) is 1. The number of aryl methyl sites for hydroxylation is 1. The molecule has 104 valence electrons. The van der Waals surface area contributed by atoms with Crippen LogP contribution in [-0.2, 0) is 6.42 Å². The Morgan fingerprint density at radius 2 is 1.95 bits per heavy atom. The Balaban J connectivity index is 2.27. The molecular formula is C15H14Cl2N2O. The second-order valence-corrected chi connectivity index (χ2v) is 5.19. The lowest BCUT2D eigenvalue weighted by Crippen LogP contribution is -2.13. The number of carbonyl (C=O) groups excluding carboxylic acids is 1. The molecule has 0 fully saturated rings. The van der Waals surface area contributed by atoms with E-state index in [9.17, 15) is 4.79 Å². The summed E-state index contributed by atoms with van der Waals surface area (Å²) < 4.78 is 0. The van der Waals surface area contributed by atoms with Crippen LogP contribution in [0, 0.1) is 0 Å². The Morgan fingerprint density at radius 3 is 2.60 bits per heavy atom. The van der Waals surface area contributed by atoms with Gasteiger partial charge in [-0.1, -0.05) is 36.2 Å². The van der Waals surface area contributed by atoms with Crippen molar-refractivity contribution >= 4 is 40.5 Å². The molecule has 2 rings (SSSR count). The number of nitrogen functional groups attached to an aromatic ring is 1. The summed E-state index contributed by atoms with van der Waals surface area (Å²) in [5, 5.41) is 3.85. The van der Waals surface area contributed by atoms with Gasteiger partial charge in [-0.3, -0.25) is 4.79 Å². The van der Waals surface area contributed by atoms with Crippen LogP contribution in [-0.4, -0.2) is 5.91 Å². The number of hydrogen-bond acceptors (Lipinski definition) is 2. The van der Waals surface area contributed by atoms with Crippen LogP contribution in [0.2, 0.25) is 10.0 Å². The monoisotopic (exact) mass is 308 g/mol. The Labute approximate surface area is 127 Å². The van der Waals surface area contributed by atoms with E-state index in [0.717, 1.165) is 12.0 Å². The van der Waals surface area contributed by atoms with Crippen molar-refractivity contribution in [2.75, 3.05) is 11.1 Å². The third-order valence-electron chi connectivity index (χ3n) is 2.96. The fourth-order valence-corrected chi connectivity index (χ4v) is 2.14. The van der Waals surface area contributed by atoms with Gasteiger partial charge in [0.2, 0.25) is 0 Å². The minimum absolute atomic E-state index is 0.245. The molecule has 0 saturated carbocycles. The number of benzene rings is 2. The Hall–Kier alpha value is -1.71. The lowest BCUT2D eigenvalue weighted by molar-refractivity contribution is 0.102. The molecule has 0 aliphatic rings. The average Bonchev–Trinajstić information content (AvgIpc) is 2.42. The van der Waals surface area contributed by atoms with Crippen molar-refractivity contribution in [1.29, 1.82) is 0 Å². The topological polar surface area (TPSA) is 55.1 Å². The predicted molar refractivity (Wildman–Crippen MR) is 84.6 cm³/mol. The summed E-state index contributed by atoms with van der Waals surface area (Å²) in [6.07, 6.45) is 0.801. The van der Waals surface area contributed by atoms with E-state index in [2.05, 4.69) is 5.32 Å². The number of amides is 1. The molecule has 3 nitrogen and oxygen atoms in total.